The van der Waals surface area contributed by atoms with Crippen LogP contribution in [0.15, 0.2) is 24.3 Å². The lowest BCUT2D eigenvalue weighted by atomic mass is 9.88. The minimum Gasteiger partial charge on any atom is -0.0858 e. The zero-order chi connectivity index (χ0) is 10.9. The molecule has 0 aliphatic carbocycles. The van der Waals surface area contributed by atoms with Crippen LogP contribution in [0.1, 0.15) is 51.0 Å². The van der Waals surface area contributed by atoms with E-state index in [1.54, 1.807) is 0 Å². The maximum Gasteiger partial charge on any atom is 0.139 e. The number of rotatable bonds is 7. The van der Waals surface area contributed by atoms with Gasteiger partial charge in [-0.15, -0.1) is 0 Å². The smallest absolute Gasteiger partial charge is 0.0858 e. The van der Waals surface area contributed by atoms with Gasteiger partial charge in [-0.25, -0.2) is 0 Å². The Morgan fingerprint density at radius 2 is 1.60 bits per heavy atom. The zero-order valence-electron chi connectivity index (χ0n) is 10.3. The predicted molar refractivity (Wildman–Crippen MR) is 71.7 cm³/mol. The molecule has 0 atom stereocenters. The average molecular weight is 202 g/mol. The predicted octanol–water partition coefficient (Wildman–Crippen LogP) is 2.85. The highest BCUT2D eigenvalue weighted by atomic mass is 14.0. The maximum absolute atomic E-state index is 2.27. The van der Waals surface area contributed by atoms with Gasteiger partial charge < -0.3 is 0 Å². The summed E-state index contributed by atoms with van der Waals surface area (Å²) in [5.41, 5.74) is 2.99. The molecule has 0 unspecified atom stereocenters. The van der Waals surface area contributed by atoms with E-state index in [2.05, 4.69) is 39.0 Å². The van der Waals surface area contributed by atoms with Gasteiger partial charge in [0.15, 0.2) is 0 Å². The second-order valence-electron chi connectivity index (χ2n) is 4.44. The monoisotopic (exact) mass is 202 g/mol. The van der Waals surface area contributed by atoms with Crippen molar-refractivity contribution >= 4 is 13.3 Å². The summed E-state index contributed by atoms with van der Waals surface area (Å²) < 4.78 is 0. The summed E-state index contributed by atoms with van der Waals surface area (Å²) >= 11 is 0. The van der Waals surface area contributed by atoms with Crippen molar-refractivity contribution < 1.29 is 0 Å². The highest BCUT2D eigenvalue weighted by Gasteiger charge is 1.96. The molecular formula is C14H23B. The number of hydrogen-bond donors (Lipinski definition) is 0. The Labute approximate surface area is 95.5 Å². The zero-order valence-corrected chi connectivity index (χ0v) is 10.3. The third kappa shape index (κ3) is 5.06. The van der Waals surface area contributed by atoms with Crippen LogP contribution in [-0.2, 0) is 6.42 Å². The van der Waals surface area contributed by atoms with E-state index in [0.717, 1.165) is 0 Å². The fraction of sp³-hybridized carbons (Fsp3) is 0.571. The lowest BCUT2D eigenvalue weighted by molar-refractivity contribution is 0.608. The molecule has 0 heterocycles. The van der Waals surface area contributed by atoms with Crippen molar-refractivity contribution in [1.29, 1.82) is 0 Å². The van der Waals surface area contributed by atoms with Crippen molar-refractivity contribution in [2.45, 2.75) is 51.9 Å². The van der Waals surface area contributed by atoms with Gasteiger partial charge in [-0.05, 0) is 12.8 Å². The molecule has 1 heteroatoms. The Morgan fingerprint density at radius 3 is 2.33 bits per heavy atom. The molecule has 1 aromatic rings. The lowest BCUT2D eigenvalue weighted by Crippen LogP contribution is -2.09. The first kappa shape index (κ1) is 12.4. The van der Waals surface area contributed by atoms with Crippen LogP contribution in [0.25, 0.3) is 0 Å². The van der Waals surface area contributed by atoms with Crippen molar-refractivity contribution in [2.75, 3.05) is 0 Å². The Kier molecular flexibility index (Phi) is 6.23. The minimum atomic E-state index is 1.26. The number of hydrogen-bond acceptors (Lipinski definition) is 0. The molecule has 0 bridgehead atoms. The van der Waals surface area contributed by atoms with Gasteiger partial charge in [-0.1, -0.05) is 74.3 Å². The standard InChI is InChI=1S/C14H23B/c1-2-3-4-5-6-7-10-13-11-8-9-12-14(13)15/h8-9,11-12H,2-7,10,15H2,1H3. The summed E-state index contributed by atoms with van der Waals surface area (Å²) in [5.74, 6) is 0. The second-order valence-corrected chi connectivity index (χ2v) is 4.44. The first-order valence-corrected chi connectivity index (χ1v) is 6.39. The molecule has 0 aliphatic heterocycles. The molecule has 0 N–H and O–H groups in total. The van der Waals surface area contributed by atoms with E-state index in [9.17, 15) is 0 Å². The summed E-state index contributed by atoms with van der Waals surface area (Å²) in [6.07, 6.45) is 9.61. The molecule has 0 aliphatic rings. The van der Waals surface area contributed by atoms with Gasteiger partial charge in [0, 0.05) is 0 Å². The summed E-state index contributed by atoms with van der Waals surface area (Å²) in [6.45, 7) is 2.27. The Bertz CT molecular complexity index is 268. The van der Waals surface area contributed by atoms with Crippen LogP contribution < -0.4 is 5.46 Å². The first-order valence-electron chi connectivity index (χ1n) is 6.39. The highest BCUT2D eigenvalue weighted by Crippen LogP contribution is 2.08. The third-order valence-electron chi connectivity index (χ3n) is 3.06. The SMILES string of the molecule is Bc1ccccc1CCCCCCCC. The van der Waals surface area contributed by atoms with Crippen molar-refractivity contribution in [2.24, 2.45) is 0 Å². The van der Waals surface area contributed by atoms with Crippen LogP contribution in [0, 0.1) is 0 Å². The number of benzene rings is 1. The van der Waals surface area contributed by atoms with Crippen molar-refractivity contribution in [3.05, 3.63) is 29.8 Å². The Balaban J connectivity index is 2.12. The van der Waals surface area contributed by atoms with Crippen molar-refractivity contribution in [3.63, 3.8) is 0 Å². The summed E-state index contributed by atoms with van der Waals surface area (Å²) in [7, 11) is 2.21. The molecule has 0 amide bonds. The molecular weight excluding hydrogens is 179 g/mol. The molecule has 0 aromatic heterocycles. The molecule has 0 saturated heterocycles. The molecule has 0 fully saturated rings. The molecule has 1 rings (SSSR count). The first-order chi connectivity index (χ1) is 7.34. The quantitative estimate of drug-likeness (QED) is 0.471. The molecule has 0 nitrogen and oxygen atoms in total. The third-order valence-corrected chi connectivity index (χ3v) is 3.06. The second kappa shape index (κ2) is 7.56. The van der Waals surface area contributed by atoms with Crippen LogP contribution in [0.5, 0.6) is 0 Å². The van der Waals surface area contributed by atoms with Gasteiger partial charge in [0.1, 0.15) is 7.85 Å². The summed E-state index contributed by atoms with van der Waals surface area (Å²) in [6, 6.07) is 8.76. The molecule has 1 aromatic carbocycles. The fourth-order valence-electron chi connectivity index (χ4n) is 1.99. The fourth-order valence-corrected chi connectivity index (χ4v) is 1.99. The van der Waals surface area contributed by atoms with E-state index in [1.165, 1.54) is 56.0 Å². The van der Waals surface area contributed by atoms with Crippen LogP contribution in [0.3, 0.4) is 0 Å². The van der Waals surface area contributed by atoms with E-state index in [1.807, 2.05) is 0 Å². The lowest BCUT2D eigenvalue weighted by Gasteiger charge is -2.05. The van der Waals surface area contributed by atoms with Gasteiger partial charge in [-0.2, -0.15) is 0 Å². The van der Waals surface area contributed by atoms with Crippen LogP contribution >= 0.6 is 0 Å². The van der Waals surface area contributed by atoms with Gasteiger partial charge in [-0.3, -0.25) is 0 Å². The molecule has 82 valence electrons. The molecule has 0 spiro atoms. The molecule has 0 radical (unpaired) electrons. The minimum absolute atomic E-state index is 1.26. The highest BCUT2D eigenvalue weighted by molar-refractivity contribution is 6.33. The number of aryl methyl sites for hydroxylation is 1. The normalized spacial score (nSPS) is 10.5. The van der Waals surface area contributed by atoms with E-state index < -0.39 is 0 Å². The number of unbranched alkanes of at least 4 members (excludes halogenated alkanes) is 5. The van der Waals surface area contributed by atoms with Gasteiger partial charge in [0.2, 0.25) is 0 Å². The van der Waals surface area contributed by atoms with E-state index >= 15 is 0 Å². The summed E-state index contributed by atoms with van der Waals surface area (Å²) in [5, 5.41) is 0. The van der Waals surface area contributed by atoms with E-state index in [-0.39, 0.29) is 0 Å². The summed E-state index contributed by atoms with van der Waals surface area (Å²) in [4.78, 5) is 0. The largest absolute Gasteiger partial charge is 0.139 e. The maximum atomic E-state index is 2.27. The van der Waals surface area contributed by atoms with E-state index in [4.69, 9.17) is 0 Å². The van der Waals surface area contributed by atoms with Gasteiger partial charge >= 0.3 is 0 Å². The van der Waals surface area contributed by atoms with Crippen LogP contribution in [-0.4, -0.2) is 7.85 Å². The van der Waals surface area contributed by atoms with Crippen LogP contribution in [0.4, 0.5) is 0 Å². The van der Waals surface area contributed by atoms with Crippen molar-refractivity contribution in [1.82, 2.24) is 0 Å². The van der Waals surface area contributed by atoms with Gasteiger partial charge in [0.25, 0.3) is 0 Å². The Morgan fingerprint density at radius 1 is 0.933 bits per heavy atom. The molecule has 0 saturated carbocycles. The topological polar surface area (TPSA) is 0 Å². The van der Waals surface area contributed by atoms with Crippen LogP contribution in [0.2, 0.25) is 0 Å². The van der Waals surface area contributed by atoms with E-state index in [0.29, 0.717) is 0 Å². The molecule has 15 heavy (non-hydrogen) atoms. The Hall–Kier alpha value is -0.715. The van der Waals surface area contributed by atoms with Gasteiger partial charge in [0.05, 0.1) is 0 Å². The van der Waals surface area contributed by atoms with Crippen molar-refractivity contribution in [3.8, 4) is 0 Å². The average Bonchev–Trinajstić information content (AvgIpc) is 2.25.